The smallest absolute Gasteiger partial charge is 0.203 e. The standard InChI is InChI=1S/C12H14N2O3S/c1-15-8-4-7(10-6-14-12(13)18-10)5-9(16-2)11(8)17-3/h4-6H,1-3H3,(H2,13,14). The molecule has 0 unspecified atom stereocenters. The number of methoxy groups -OCH3 is 3. The number of hydrogen-bond donors (Lipinski definition) is 1. The van der Waals surface area contributed by atoms with Crippen LogP contribution in [-0.4, -0.2) is 26.3 Å². The van der Waals surface area contributed by atoms with Crippen molar-refractivity contribution >= 4 is 16.5 Å². The quantitative estimate of drug-likeness (QED) is 0.920. The van der Waals surface area contributed by atoms with E-state index in [1.54, 1.807) is 27.5 Å². The molecular weight excluding hydrogens is 252 g/mol. The van der Waals surface area contributed by atoms with E-state index in [4.69, 9.17) is 19.9 Å². The van der Waals surface area contributed by atoms with Gasteiger partial charge in [-0.25, -0.2) is 4.98 Å². The van der Waals surface area contributed by atoms with Crippen molar-refractivity contribution in [2.45, 2.75) is 0 Å². The number of nitrogens with two attached hydrogens (primary N) is 1. The largest absolute Gasteiger partial charge is 0.493 e. The monoisotopic (exact) mass is 266 g/mol. The molecule has 0 spiro atoms. The fourth-order valence-electron chi connectivity index (χ4n) is 1.64. The van der Waals surface area contributed by atoms with Gasteiger partial charge in [-0.1, -0.05) is 11.3 Å². The van der Waals surface area contributed by atoms with E-state index < -0.39 is 0 Å². The van der Waals surface area contributed by atoms with E-state index in [0.717, 1.165) is 10.4 Å². The summed E-state index contributed by atoms with van der Waals surface area (Å²) in [6.45, 7) is 0. The third-order valence-corrected chi connectivity index (χ3v) is 3.35. The summed E-state index contributed by atoms with van der Waals surface area (Å²) in [4.78, 5) is 4.98. The second-order valence-corrected chi connectivity index (χ2v) is 4.54. The number of ether oxygens (including phenoxy) is 3. The van der Waals surface area contributed by atoms with Gasteiger partial charge in [0.25, 0.3) is 0 Å². The molecule has 1 heterocycles. The van der Waals surface area contributed by atoms with Gasteiger partial charge < -0.3 is 19.9 Å². The molecule has 0 saturated heterocycles. The first-order valence-electron chi connectivity index (χ1n) is 5.21. The van der Waals surface area contributed by atoms with Crippen LogP contribution >= 0.6 is 11.3 Å². The number of rotatable bonds is 4. The summed E-state index contributed by atoms with van der Waals surface area (Å²) in [5, 5.41) is 0.527. The van der Waals surface area contributed by atoms with Crippen LogP contribution in [0.15, 0.2) is 18.3 Å². The maximum atomic E-state index is 5.63. The average Bonchev–Trinajstić information content (AvgIpc) is 2.83. The first-order valence-corrected chi connectivity index (χ1v) is 6.03. The van der Waals surface area contributed by atoms with E-state index in [-0.39, 0.29) is 0 Å². The van der Waals surface area contributed by atoms with Gasteiger partial charge in [0.1, 0.15) is 0 Å². The van der Waals surface area contributed by atoms with Gasteiger partial charge in [0.2, 0.25) is 5.75 Å². The average molecular weight is 266 g/mol. The zero-order valence-electron chi connectivity index (χ0n) is 10.4. The molecule has 1 aromatic heterocycles. The molecule has 0 radical (unpaired) electrons. The number of nitrogen functional groups attached to an aromatic ring is 1. The van der Waals surface area contributed by atoms with Crippen LogP contribution in [0.25, 0.3) is 10.4 Å². The Morgan fingerprint density at radius 1 is 1.06 bits per heavy atom. The van der Waals surface area contributed by atoms with Crippen molar-refractivity contribution in [3.63, 3.8) is 0 Å². The number of aromatic nitrogens is 1. The minimum Gasteiger partial charge on any atom is -0.493 e. The number of nitrogens with zero attached hydrogens (tertiary/aromatic N) is 1. The van der Waals surface area contributed by atoms with E-state index in [2.05, 4.69) is 4.98 Å². The van der Waals surface area contributed by atoms with Crippen LogP contribution in [0.3, 0.4) is 0 Å². The molecule has 0 fully saturated rings. The normalized spacial score (nSPS) is 10.2. The Morgan fingerprint density at radius 3 is 2.06 bits per heavy atom. The molecule has 2 rings (SSSR count). The molecule has 0 aliphatic heterocycles. The molecule has 96 valence electrons. The molecule has 0 aliphatic rings. The van der Waals surface area contributed by atoms with Crippen LogP contribution in [0.1, 0.15) is 0 Å². The Bertz CT molecular complexity index is 529. The Balaban J connectivity index is 2.56. The molecule has 0 saturated carbocycles. The van der Waals surface area contributed by atoms with E-state index in [1.165, 1.54) is 11.3 Å². The van der Waals surface area contributed by atoms with E-state index in [1.807, 2.05) is 12.1 Å². The van der Waals surface area contributed by atoms with E-state index >= 15 is 0 Å². The highest BCUT2D eigenvalue weighted by Crippen LogP contribution is 2.42. The number of benzene rings is 1. The first kappa shape index (κ1) is 12.5. The van der Waals surface area contributed by atoms with Crippen molar-refractivity contribution in [2.24, 2.45) is 0 Å². The Hall–Kier alpha value is -1.95. The van der Waals surface area contributed by atoms with Gasteiger partial charge in [-0.15, -0.1) is 0 Å². The third-order valence-electron chi connectivity index (χ3n) is 2.47. The highest BCUT2D eigenvalue weighted by Gasteiger charge is 2.15. The summed E-state index contributed by atoms with van der Waals surface area (Å²) in [7, 11) is 4.74. The van der Waals surface area contributed by atoms with Crippen LogP contribution in [0.4, 0.5) is 5.13 Å². The summed E-state index contributed by atoms with van der Waals surface area (Å²) >= 11 is 1.41. The molecule has 2 aromatic rings. The highest BCUT2D eigenvalue weighted by molar-refractivity contribution is 7.18. The lowest BCUT2D eigenvalue weighted by atomic mass is 10.1. The molecule has 6 heteroatoms. The Morgan fingerprint density at radius 2 is 1.67 bits per heavy atom. The topological polar surface area (TPSA) is 66.6 Å². The van der Waals surface area contributed by atoms with Crippen LogP contribution in [0.2, 0.25) is 0 Å². The number of thiazole rings is 1. The van der Waals surface area contributed by atoms with Gasteiger partial charge in [-0.2, -0.15) is 0 Å². The Kier molecular flexibility index (Phi) is 3.57. The van der Waals surface area contributed by atoms with Crippen LogP contribution in [-0.2, 0) is 0 Å². The molecule has 2 N–H and O–H groups in total. The number of anilines is 1. The molecule has 0 aliphatic carbocycles. The zero-order valence-corrected chi connectivity index (χ0v) is 11.2. The predicted molar refractivity (Wildman–Crippen MR) is 71.6 cm³/mol. The van der Waals surface area contributed by atoms with Crippen molar-refractivity contribution in [1.29, 1.82) is 0 Å². The van der Waals surface area contributed by atoms with Gasteiger partial charge in [0.15, 0.2) is 16.6 Å². The predicted octanol–water partition coefficient (Wildman–Crippen LogP) is 2.42. The van der Waals surface area contributed by atoms with Gasteiger partial charge in [-0.3, -0.25) is 0 Å². The summed E-state index contributed by atoms with van der Waals surface area (Å²) in [5.41, 5.74) is 6.56. The van der Waals surface area contributed by atoms with Gasteiger partial charge in [0, 0.05) is 11.8 Å². The Labute approximate surface area is 109 Å². The van der Waals surface area contributed by atoms with Crippen molar-refractivity contribution in [3.8, 4) is 27.7 Å². The van der Waals surface area contributed by atoms with Gasteiger partial charge in [0.05, 0.1) is 26.2 Å². The fourth-order valence-corrected chi connectivity index (χ4v) is 2.32. The second kappa shape index (κ2) is 5.14. The number of hydrogen-bond acceptors (Lipinski definition) is 6. The summed E-state index contributed by atoms with van der Waals surface area (Å²) in [6.07, 6.45) is 1.72. The minimum absolute atomic E-state index is 0.527. The van der Waals surface area contributed by atoms with Gasteiger partial charge >= 0.3 is 0 Å². The van der Waals surface area contributed by atoms with E-state index in [0.29, 0.717) is 22.4 Å². The molecule has 18 heavy (non-hydrogen) atoms. The van der Waals surface area contributed by atoms with Crippen LogP contribution in [0.5, 0.6) is 17.2 Å². The molecule has 0 amide bonds. The van der Waals surface area contributed by atoms with Crippen molar-refractivity contribution in [1.82, 2.24) is 4.98 Å². The lowest BCUT2D eigenvalue weighted by molar-refractivity contribution is 0.324. The summed E-state index contributed by atoms with van der Waals surface area (Å²) in [5.74, 6) is 1.79. The zero-order chi connectivity index (χ0) is 13.1. The van der Waals surface area contributed by atoms with Crippen molar-refractivity contribution in [2.75, 3.05) is 27.1 Å². The first-order chi connectivity index (χ1) is 8.69. The maximum Gasteiger partial charge on any atom is 0.203 e. The lowest BCUT2D eigenvalue weighted by Crippen LogP contribution is -1.95. The highest BCUT2D eigenvalue weighted by atomic mass is 32.1. The lowest BCUT2D eigenvalue weighted by Gasteiger charge is -2.13. The molecule has 0 atom stereocenters. The van der Waals surface area contributed by atoms with Crippen LogP contribution < -0.4 is 19.9 Å². The van der Waals surface area contributed by atoms with Crippen molar-refractivity contribution in [3.05, 3.63) is 18.3 Å². The SMILES string of the molecule is COc1cc(-c2cnc(N)s2)cc(OC)c1OC. The van der Waals surface area contributed by atoms with Crippen LogP contribution in [0, 0.1) is 0 Å². The van der Waals surface area contributed by atoms with Crippen molar-refractivity contribution < 1.29 is 14.2 Å². The minimum atomic E-state index is 0.527. The molecule has 0 bridgehead atoms. The summed E-state index contributed by atoms with van der Waals surface area (Å²) in [6, 6.07) is 3.74. The maximum absolute atomic E-state index is 5.63. The van der Waals surface area contributed by atoms with Gasteiger partial charge in [-0.05, 0) is 12.1 Å². The molecule has 1 aromatic carbocycles. The molecular formula is C12H14N2O3S. The summed E-state index contributed by atoms with van der Waals surface area (Å²) < 4.78 is 15.9. The third kappa shape index (κ3) is 2.19. The fraction of sp³-hybridized carbons (Fsp3) is 0.250. The second-order valence-electron chi connectivity index (χ2n) is 3.48. The molecule has 5 nitrogen and oxygen atoms in total. The van der Waals surface area contributed by atoms with E-state index in [9.17, 15) is 0 Å².